The molecule has 2 aromatic rings. The fraction of sp³-hybridized carbons (Fsp3) is 0.316. The topological polar surface area (TPSA) is 12.4 Å². The van der Waals surface area contributed by atoms with E-state index in [1.807, 2.05) is 12.1 Å². The first-order chi connectivity index (χ1) is 9.63. The molecule has 0 heterocycles. The Morgan fingerprint density at radius 3 is 1.90 bits per heavy atom. The predicted octanol–water partition coefficient (Wildman–Crippen LogP) is 5.06. The summed E-state index contributed by atoms with van der Waals surface area (Å²) in [6, 6.07) is 12.7. The fourth-order valence-corrected chi connectivity index (χ4v) is 2.38. The van der Waals surface area contributed by atoms with Crippen molar-refractivity contribution in [3.63, 3.8) is 0 Å². The SMILES string of the molecule is CCc1cc(C)cc(CC)c1[C]=Nc1ccc(C)cc1. The molecule has 0 spiro atoms. The molecule has 0 bridgehead atoms. The molecular formula is C19H22N. The van der Waals surface area contributed by atoms with Crippen molar-refractivity contribution >= 4 is 11.9 Å². The number of nitrogens with zero attached hydrogens (tertiary/aromatic N) is 1. The van der Waals surface area contributed by atoms with Crippen molar-refractivity contribution in [2.75, 3.05) is 0 Å². The number of benzene rings is 2. The Morgan fingerprint density at radius 2 is 1.40 bits per heavy atom. The van der Waals surface area contributed by atoms with Gasteiger partial charge in [0.15, 0.2) is 0 Å². The van der Waals surface area contributed by atoms with Gasteiger partial charge in [0.2, 0.25) is 0 Å². The molecule has 0 aliphatic carbocycles. The zero-order valence-electron chi connectivity index (χ0n) is 12.8. The van der Waals surface area contributed by atoms with Crippen LogP contribution in [0.1, 0.15) is 41.7 Å². The van der Waals surface area contributed by atoms with Crippen molar-refractivity contribution in [1.82, 2.24) is 0 Å². The van der Waals surface area contributed by atoms with Gasteiger partial charge in [-0.1, -0.05) is 49.2 Å². The molecule has 1 heteroatoms. The van der Waals surface area contributed by atoms with Crippen LogP contribution in [0, 0.1) is 13.8 Å². The minimum absolute atomic E-state index is 0.959. The molecule has 2 rings (SSSR count). The highest BCUT2D eigenvalue weighted by Crippen LogP contribution is 2.19. The maximum Gasteiger partial charge on any atom is 0.0977 e. The lowest BCUT2D eigenvalue weighted by Gasteiger charge is -2.10. The molecule has 0 fully saturated rings. The minimum Gasteiger partial charge on any atom is -0.246 e. The molecule has 0 atom stereocenters. The van der Waals surface area contributed by atoms with Gasteiger partial charge in [0.05, 0.1) is 11.9 Å². The highest BCUT2D eigenvalue weighted by molar-refractivity contribution is 5.86. The normalized spacial score (nSPS) is 11.2. The molecule has 0 aliphatic heterocycles. The number of hydrogen-bond donors (Lipinski definition) is 0. The molecular weight excluding hydrogens is 242 g/mol. The van der Waals surface area contributed by atoms with Crippen LogP contribution >= 0.6 is 0 Å². The molecule has 103 valence electrons. The molecule has 0 unspecified atom stereocenters. The third kappa shape index (κ3) is 3.36. The van der Waals surface area contributed by atoms with Crippen molar-refractivity contribution in [1.29, 1.82) is 0 Å². The molecule has 0 aromatic heterocycles. The van der Waals surface area contributed by atoms with Crippen molar-refractivity contribution in [2.24, 2.45) is 4.99 Å². The van der Waals surface area contributed by atoms with E-state index >= 15 is 0 Å². The number of hydrogen-bond acceptors (Lipinski definition) is 1. The first kappa shape index (κ1) is 14.5. The maximum absolute atomic E-state index is 4.51. The first-order valence-electron chi connectivity index (χ1n) is 7.29. The van der Waals surface area contributed by atoms with E-state index in [0.29, 0.717) is 0 Å². The van der Waals surface area contributed by atoms with Gasteiger partial charge in [0.1, 0.15) is 0 Å². The van der Waals surface area contributed by atoms with E-state index in [1.165, 1.54) is 27.8 Å². The summed E-state index contributed by atoms with van der Waals surface area (Å²) in [5.41, 5.74) is 7.36. The molecule has 0 N–H and O–H groups in total. The van der Waals surface area contributed by atoms with Gasteiger partial charge in [-0.05, 0) is 49.9 Å². The zero-order valence-corrected chi connectivity index (χ0v) is 12.8. The average molecular weight is 264 g/mol. The standard InChI is InChI=1S/C19H22N/c1-5-16-11-15(4)12-17(6-2)19(16)13-20-18-9-7-14(3)8-10-18/h7-12H,5-6H2,1-4H3. The van der Waals surface area contributed by atoms with Gasteiger partial charge in [-0.2, -0.15) is 0 Å². The van der Waals surface area contributed by atoms with Crippen molar-refractivity contribution < 1.29 is 0 Å². The monoisotopic (exact) mass is 264 g/mol. The molecule has 0 saturated carbocycles. The zero-order chi connectivity index (χ0) is 14.5. The van der Waals surface area contributed by atoms with Crippen LogP contribution in [0.5, 0.6) is 0 Å². The van der Waals surface area contributed by atoms with Gasteiger partial charge in [0, 0.05) is 5.56 Å². The van der Waals surface area contributed by atoms with E-state index in [2.05, 4.69) is 63.2 Å². The highest BCUT2D eigenvalue weighted by Gasteiger charge is 2.06. The van der Waals surface area contributed by atoms with Crippen LogP contribution in [0.2, 0.25) is 0 Å². The number of aryl methyl sites for hydroxylation is 4. The van der Waals surface area contributed by atoms with Crippen LogP contribution in [0.15, 0.2) is 41.4 Å². The van der Waals surface area contributed by atoms with Crippen LogP contribution in [-0.2, 0) is 12.8 Å². The molecule has 0 saturated heterocycles. The van der Waals surface area contributed by atoms with E-state index in [1.54, 1.807) is 0 Å². The largest absolute Gasteiger partial charge is 0.246 e. The Bertz CT molecular complexity index is 581. The van der Waals surface area contributed by atoms with E-state index in [4.69, 9.17) is 0 Å². The van der Waals surface area contributed by atoms with Gasteiger partial charge in [0.25, 0.3) is 0 Å². The van der Waals surface area contributed by atoms with Gasteiger partial charge in [-0.15, -0.1) is 0 Å². The predicted molar refractivity (Wildman–Crippen MR) is 87.3 cm³/mol. The Hall–Kier alpha value is -1.89. The lowest BCUT2D eigenvalue weighted by Crippen LogP contribution is -1.99. The highest BCUT2D eigenvalue weighted by atomic mass is 14.7. The second kappa shape index (κ2) is 6.51. The quantitative estimate of drug-likeness (QED) is 0.685. The molecule has 2 aromatic carbocycles. The fourth-order valence-electron chi connectivity index (χ4n) is 2.38. The second-order valence-corrected chi connectivity index (χ2v) is 5.22. The van der Waals surface area contributed by atoms with Gasteiger partial charge >= 0.3 is 0 Å². The molecule has 1 nitrogen and oxygen atoms in total. The molecule has 0 amide bonds. The third-order valence-electron chi connectivity index (χ3n) is 3.54. The summed E-state index contributed by atoms with van der Waals surface area (Å²) in [6.45, 7) is 8.61. The Kier molecular flexibility index (Phi) is 4.73. The average Bonchev–Trinajstić information content (AvgIpc) is 2.46. The molecule has 1 radical (unpaired) electrons. The Labute approximate surface area is 122 Å². The summed E-state index contributed by atoms with van der Waals surface area (Å²) in [7, 11) is 0. The van der Waals surface area contributed by atoms with E-state index < -0.39 is 0 Å². The summed E-state index contributed by atoms with van der Waals surface area (Å²) in [4.78, 5) is 4.51. The Morgan fingerprint density at radius 1 is 0.850 bits per heavy atom. The van der Waals surface area contributed by atoms with Crippen LogP contribution in [-0.4, -0.2) is 6.21 Å². The lowest BCUT2D eigenvalue weighted by molar-refractivity contribution is 1.07. The van der Waals surface area contributed by atoms with Crippen LogP contribution < -0.4 is 0 Å². The van der Waals surface area contributed by atoms with Crippen LogP contribution in [0.4, 0.5) is 5.69 Å². The van der Waals surface area contributed by atoms with E-state index in [0.717, 1.165) is 18.5 Å². The number of aliphatic imine (C=N–C) groups is 1. The van der Waals surface area contributed by atoms with Crippen LogP contribution in [0.3, 0.4) is 0 Å². The smallest absolute Gasteiger partial charge is 0.0977 e. The van der Waals surface area contributed by atoms with Gasteiger partial charge < -0.3 is 0 Å². The summed E-state index contributed by atoms with van der Waals surface area (Å²) in [5, 5.41) is 0. The third-order valence-corrected chi connectivity index (χ3v) is 3.54. The second-order valence-electron chi connectivity index (χ2n) is 5.22. The summed E-state index contributed by atoms with van der Waals surface area (Å²) >= 11 is 0. The summed E-state index contributed by atoms with van der Waals surface area (Å²) < 4.78 is 0. The van der Waals surface area contributed by atoms with Gasteiger partial charge in [-0.25, -0.2) is 4.99 Å². The number of rotatable bonds is 4. The van der Waals surface area contributed by atoms with Crippen molar-refractivity contribution in [3.05, 3.63) is 64.2 Å². The first-order valence-corrected chi connectivity index (χ1v) is 7.29. The molecule has 20 heavy (non-hydrogen) atoms. The van der Waals surface area contributed by atoms with E-state index in [9.17, 15) is 0 Å². The minimum atomic E-state index is 0.959. The van der Waals surface area contributed by atoms with Crippen molar-refractivity contribution in [2.45, 2.75) is 40.5 Å². The Balaban J connectivity index is 2.39. The molecule has 0 aliphatic rings. The summed E-state index contributed by atoms with van der Waals surface area (Å²) in [5.74, 6) is 0. The maximum atomic E-state index is 4.51. The van der Waals surface area contributed by atoms with Gasteiger partial charge in [-0.3, -0.25) is 0 Å². The lowest BCUT2D eigenvalue weighted by atomic mass is 9.95. The van der Waals surface area contributed by atoms with Crippen LogP contribution in [0.25, 0.3) is 0 Å². The van der Waals surface area contributed by atoms with E-state index in [-0.39, 0.29) is 0 Å². The van der Waals surface area contributed by atoms with Crippen molar-refractivity contribution in [3.8, 4) is 0 Å². The summed E-state index contributed by atoms with van der Waals surface area (Å²) in [6.07, 6.45) is 5.30.